The summed E-state index contributed by atoms with van der Waals surface area (Å²) in [6.07, 6.45) is 0.339. The Morgan fingerprint density at radius 3 is 2.32 bits per heavy atom. The lowest BCUT2D eigenvalue weighted by molar-refractivity contribution is 0.318. The Morgan fingerprint density at radius 1 is 1.05 bits per heavy atom. The summed E-state index contributed by atoms with van der Waals surface area (Å²) in [5, 5.41) is 31.9. The van der Waals surface area contributed by atoms with Gasteiger partial charge in [0.2, 0.25) is 0 Å². The average Bonchev–Trinajstić information content (AvgIpc) is 2.39. The summed E-state index contributed by atoms with van der Waals surface area (Å²) in [7, 11) is 0. The molecule has 0 aliphatic heterocycles. The second-order valence-corrected chi connectivity index (χ2v) is 4.49. The lowest BCUT2D eigenvalue weighted by Crippen LogP contribution is -2.05. The van der Waals surface area contributed by atoms with Gasteiger partial charge in [0.05, 0.1) is 5.71 Å². The molecule has 4 nitrogen and oxygen atoms in total. The van der Waals surface area contributed by atoms with Crippen LogP contribution in [0.5, 0.6) is 11.5 Å². The summed E-state index contributed by atoms with van der Waals surface area (Å²) in [4.78, 5) is 0. The summed E-state index contributed by atoms with van der Waals surface area (Å²) in [6, 6.07) is 11.2. The SMILES string of the molecule is O/N=C(\Cc1ccc(Cl)cc1)c1ccc(O)cc1O. The van der Waals surface area contributed by atoms with Crippen LogP contribution in [0.25, 0.3) is 0 Å². The molecule has 0 bridgehead atoms. The minimum absolute atomic E-state index is 0.0509. The predicted octanol–water partition coefficient (Wildman–Crippen LogP) is 3.17. The van der Waals surface area contributed by atoms with Crippen molar-refractivity contribution in [3.63, 3.8) is 0 Å². The van der Waals surface area contributed by atoms with Gasteiger partial charge in [-0.15, -0.1) is 0 Å². The first-order chi connectivity index (χ1) is 9.10. The minimum Gasteiger partial charge on any atom is -0.508 e. The molecule has 0 saturated heterocycles. The molecule has 98 valence electrons. The number of hydrogen-bond donors (Lipinski definition) is 3. The largest absolute Gasteiger partial charge is 0.508 e. The second-order valence-electron chi connectivity index (χ2n) is 4.05. The number of hydrogen-bond acceptors (Lipinski definition) is 4. The molecular formula is C14H12ClNO3. The molecule has 0 fully saturated rings. The number of halogens is 1. The molecule has 3 N–H and O–H groups in total. The van der Waals surface area contributed by atoms with Crippen molar-refractivity contribution in [3.05, 3.63) is 58.6 Å². The Balaban J connectivity index is 2.28. The zero-order valence-corrected chi connectivity index (χ0v) is 10.7. The maximum Gasteiger partial charge on any atom is 0.128 e. The van der Waals surface area contributed by atoms with E-state index in [9.17, 15) is 10.2 Å². The van der Waals surface area contributed by atoms with E-state index in [0.29, 0.717) is 22.7 Å². The van der Waals surface area contributed by atoms with Crippen LogP contribution in [0.4, 0.5) is 0 Å². The average molecular weight is 278 g/mol. The third-order valence-corrected chi connectivity index (χ3v) is 2.95. The van der Waals surface area contributed by atoms with Crippen LogP contribution in [-0.2, 0) is 6.42 Å². The molecule has 5 heteroatoms. The first-order valence-electron chi connectivity index (χ1n) is 5.58. The molecular weight excluding hydrogens is 266 g/mol. The Kier molecular flexibility index (Phi) is 3.92. The van der Waals surface area contributed by atoms with E-state index in [-0.39, 0.29) is 11.5 Å². The van der Waals surface area contributed by atoms with Crippen LogP contribution in [0.15, 0.2) is 47.6 Å². The summed E-state index contributed by atoms with van der Waals surface area (Å²) < 4.78 is 0. The molecule has 0 unspecified atom stereocenters. The lowest BCUT2D eigenvalue weighted by Gasteiger charge is -2.07. The maximum absolute atomic E-state index is 9.74. The molecule has 0 radical (unpaired) electrons. The summed E-state index contributed by atoms with van der Waals surface area (Å²) in [5.74, 6) is -0.188. The fourth-order valence-corrected chi connectivity index (χ4v) is 1.87. The van der Waals surface area contributed by atoms with E-state index in [4.69, 9.17) is 16.8 Å². The van der Waals surface area contributed by atoms with Gasteiger partial charge in [0.25, 0.3) is 0 Å². The molecule has 19 heavy (non-hydrogen) atoms. The number of oxime groups is 1. The molecule has 2 aromatic carbocycles. The first-order valence-corrected chi connectivity index (χ1v) is 5.95. The highest BCUT2D eigenvalue weighted by Crippen LogP contribution is 2.24. The van der Waals surface area contributed by atoms with Gasteiger partial charge in [-0.3, -0.25) is 0 Å². The molecule has 0 heterocycles. The third-order valence-electron chi connectivity index (χ3n) is 2.70. The Bertz CT molecular complexity index is 609. The third kappa shape index (κ3) is 3.17. The molecule has 0 aromatic heterocycles. The van der Waals surface area contributed by atoms with Crippen LogP contribution in [0.3, 0.4) is 0 Å². The number of rotatable bonds is 3. The summed E-state index contributed by atoms with van der Waals surface area (Å²) in [5.41, 5.74) is 1.57. The van der Waals surface area contributed by atoms with Crippen molar-refractivity contribution in [2.75, 3.05) is 0 Å². The van der Waals surface area contributed by atoms with Gasteiger partial charge in [-0.2, -0.15) is 0 Å². The van der Waals surface area contributed by atoms with E-state index in [1.54, 1.807) is 12.1 Å². The van der Waals surface area contributed by atoms with Crippen molar-refractivity contribution >= 4 is 17.3 Å². The van der Waals surface area contributed by atoms with Crippen LogP contribution in [0, 0.1) is 0 Å². The van der Waals surface area contributed by atoms with E-state index in [1.165, 1.54) is 18.2 Å². The monoisotopic (exact) mass is 277 g/mol. The van der Waals surface area contributed by atoms with Gasteiger partial charge in [-0.05, 0) is 29.8 Å². The number of nitrogens with zero attached hydrogens (tertiary/aromatic N) is 1. The predicted molar refractivity (Wildman–Crippen MR) is 73.3 cm³/mol. The first kappa shape index (κ1) is 13.2. The van der Waals surface area contributed by atoms with E-state index in [0.717, 1.165) is 5.56 Å². The molecule has 0 aliphatic rings. The van der Waals surface area contributed by atoms with Crippen LogP contribution in [0.2, 0.25) is 5.02 Å². The number of benzene rings is 2. The Hall–Kier alpha value is -2.20. The molecule has 2 rings (SSSR count). The lowest BCUT2D eigenvalue weighted by atomic mass is 10.0. The minimum atomic E-state index is -0.137. The van der Waals surface area contributed by atoms with Gasteiger partial charge in [0, 0.05) is 23.1 Å². The van der Waals surface area contributed by atoms with Gasteiger partial charge in [0.15, 0.2) is 0 Å². The van der Waals surface area contributed by atoms with Crippen LogP contribution < -0.4 is 0 Å². The maximum atomic E-state index is 9.74. The zero-order chi connectivity index (χ0) is 13.8. The standard InChI is InChI=1S/C14H12ClNO3/c15-10-3-1-9(2-4-10)7-13(16-19)12-6-5-11(17)8-14(12)18/h1-6,8,17-19H,7H2/b16-13+. The fraction of sp³-hybridized carbons (Fsp3) is 0.0714. The normalized spacial score (nSPS) is 11.5. The molecule has 0 saturated carbocycles. The highest BCUT2D eigenvalue weighted by Gasteiger charge is 2.11. The molecule has 0 amide bonds. The van der Waals surface area contributed by atoms with Crippen molar-refractivity contribution in [1.29, 1.82) is 0 Å². The van der Waals surface area contributed by atoms with E-state index >= 15 is 0 Å². The van der Waals surface area contributed by atoms with Crippen molar-refractivity contribution in [2.24, 2.45) is 5.16 Å². The van der Waals surface area contributed by atoms with Crippen molar-refractivity contribution < 1.29 is 15.4 Å². The van der Waals surface area contributed by atoms with Crippen LogP contribution in [0.1, 0.15) is 11.1 Å². The molecule has 0 atom stereocenters. The van der Waals surface area contributed by atoms with E-state index in [2.05, 4.69) is 5.16 Å². The van der Waals surface area contributed by atoms with E-state index in [1.807, 2.05) is 12.1 Å². The van der Waals surface area contributed by atoms with Gasteiger partial charge < -0.3 is 15.4 Å². The van der Waals surface area contributed by atoms with Crippen LogP contribution >= 0.6 is 11.6 Å². The van der Waals surface area contributed by atoms with Crippen molar-refractivity contribution in [2.45, 2.75) is 6.42 Å². The fourth-order valence-electron chi connectivity index (χ4n) is 1.74. The number of aromatic hydroxyl groups is 2. The van der Waals surface area contributed by atoms with E-state index < -0.39 is 0 Å². The molecule has 2 aromatic rings. The summed E-state index contributed by atoms with van der Waals surface area (Å²) in [6.45, 7) is 0. The highest BCUT2D eigenvalue weighted by molar-refractivity contribution is 6.30. The molecule has 0 spiro atoms. The van der Waals surface area contributed by atoms with Gasteiger partial charge >= 0.3 is 0 Å². The number of phenols is 2. The number of phenolic OH excluding ortho intramolecular Hbond substituents is 2. The second kappa shape index (κ2) is 5.63. The topological polar surface area (TPSA) is 73.1 Å². The smallest absolute Gasteiger partial charge is 0.128 e. The van der Waals surface area contributed by atoms with Crippen molar-refractivity contribution in [1.82, 2.24) is 0 Å². The van der Waals surface area contributed by atoms with Gasteiger partial charge in [-0.25, -0.2) is 0 Å². The Morgan fingerprint density at radius 2 is 1.74 bits per heavy atom. The Labute approximate surface area is 115 Å². The highest BCUT2D eigenvalue weighted by atomic mass is 35.5. The van der Waals surface area contributed by atoms with Gasteiger partial charge in [-0.1, -0.05) is 28.9 Å². The van der Waals surface area contributed by atoms with Crippen LogP contribution in [-0.4, -0.2) is 21.1 Å². The quantitative estimate of drug-likeness (QED) is 0.458. The summed E-state index contributed by atoms with van der Waals surface area (Å²) >= 11 is 5.79. The zero-order valence-electron chi connectivity index (χ0n) is 9.92. The van der Waals surface area contributed by atoms with Crippen molar-refractivity contribution in [3.8, 4) is 11.5 Å². The molecule has 0 aliphatic carbocycles. The van der Waals surface area contributed by atoms with Gasteiger partial charge in [0.1, 0.15) is 11.5 Å².